The molecule has 3 atom stereocenters. The summed E-state index contributed by atoms with van der Waals surface area (Å²) in [5.74, 6) is 0.412. The van der Waals surface area contributed by atoms with Gasteiger partial charge in [-0.05, 0) is 56.1 Å². The first-order chi connectivity index (χ1) is 14.9. The van der Waals surface area contributed by atoms with Gasteiger partial charge in [0.05, 0.1) is 5.02 Å². The number of halogens is 2. The van der Waals surface area contributed by atoms with Crippen molar-refractivity contribution in [1.29, 1.82) is 0 Å². The average Bonchev–Trinajstić information content (AvgIpc) is 3.17. The van der Waals surface area contributed by atoms with Gasteiger partial charge in [0.2, 0.25) is 5.91 Å². The Morgan fingerprint density at radius 1 is 1.23 bits per heavy atom. The number of nitrogens with zero attached hydrogens (tertiary/aromatic N) is 1. The summed E-state index contributed by atoms with van der Waals surface area (Å²) in [6.45, 7) is 3.76. The van der Waals surface area contributed by atoms with E-state index in [0.29, 0.717) is 11.8 Å². The van der Waals surface area contributed by atoms with Crippen LogP contribution in [0.1, 0.15) is 39.0 Å². The van der Waals surface area contributed by atoms with E-state index in [2.05, 4.69) is 28.0 Å². The molecular formula is C22H30ClFN4O3. The quantitative estimate of drug-likeness (QED) is 0.563. The summed E-state index contributed by atoms with van der Waals surface area (Å²) in [7, 11) is 0. The van der Waals surface area contributed by atoms with E-state index in [0.717, 1.165) is 51.3 Å². The average molecular weight is 453 g/mol. The fraction of sp³-hybridized carbons (Fsp3) is 0.636. The Balaban J connectivity index is 1.24. The predicted octanol–water partition coefficient (Wildman–Crippen LogP) is 2.25. The number of ether oxygens (including phenoxy) is 1. The molecule has 4 fully saturated rings. The maximum Gasteiger partial charge on any atom is 0.258 e. The van der Waals surface area contributed by atoms with Crippen LogP contribution in [0.25, 0.3) is 0 Å². The largest absolute Gasteiger partial charge is 0.484 e. The minimum absolute atomic E-state index is 0.0116. The second kappa shape index (κ2) is 9.71. The molecule has 1 aromatic rings. The molecule has 0 spiro atoms. The van der Waals surface area contributed by atoms with Crippen molar-refractivity contribution in [1.82, 2.24) is 21.1 Å². The van der Waals surface area contributed by atoms with E-state index in [1.54, 1.807) is 0 Å². The van der Waals surface area contributed by atoms with Crippen LogP contribution < -0.4 is 20.8 Å². The highest BCUT2D eigenvalue weighted by molar-refractivity contribution is 6.30. The van der Waals surface area contributed by atoms with Crippen LogP contribution in [0.5, 0.6) is 5.75 Å². The number of rotatable bonds is 8. The van der Waals surface area contributed by atoms with Gasteiger partial charge in [0.25, 0.3) is 5.91 Å². The van der Waals surface area contributed by atoms with E-state index in [9.17, 15) is 14.0 Å². The number of benzene rings is 1. The third-order valence-corrected chi connectivity index (χ3v) is 6.93. The van der Waals surface area contributed by atoms with E-state index >= 15 is 0 Å². The van der Waals surface area contributed by atoms with Gasteiger partial charge in [0.1, 0.15) is 17.6 Å². The van der Waals surface area contributed by atoms with Gasteiger partial charge in [0, 0.05) is 31.2 Å². The zero-order chi connectivity index (χ0) is 22.0. The van der Waals surface area contributed by atoms with E-state index in [1.807, 2.05) is 0 Å². The normalized spacial score (nSPS) is 29.8. The smallest absolute Gasteiger partial charge is 0.258 e. The highest BCUT2D eigenvalue weighted by atomic mass is 35.5. The Hall–Kier alpha value is -1.90. The van der Waals surface area contributed by atoms with Crippen molar-refractivity contribution in [2.75, 3.05) is 19.7 Å². The minimum atomic E-state index is -0.583. The molecule has 9 heteroatoms. The van der Waals surface area contributed by atoms with Crippen molar-refractivity contribution in [3.8, 4) is 5.75 Å². The number of hydrogen-bond acceptors (Lipinski definition) is 5. The molecule has 1 aliphatic heterocycles. The van der Waals surface area contributed by atoms with Gasteiger partial charge in [-0.25, -0.2) is 14.8 Å². The molecule has 2 bridgehead atoms. The van der Waals surface area contributed by atoms with Crippen LogP contribution in [0.3, 0.4) is 0 Å². The number of carbonyl (C=O) groups is 2. The summed E-state index contributed by atoms with van der Waals surface area (Å²) in [5, 5.41) is 8.38. The highest BCUT2D eigenvalue weighted by Crippen LogP contribution is 2.45. The lowest BCUT2D eigenvalue weighted by atomic mass is 9.60. The number of carbonyl (C=O) groups excluding carboxylic acids is 2. The Bertz CT molecular complexity index is 820. The predicted molar refractivity (Wildman–Crippen MR) is 115 cm³/mol. The van der Waals surface area contributed by atoms with Gasteiger partial charge < -0.3 is 15.4 Å². The lowest BCUT2D eigenvalue weighted by Crippen LogP contribution is -2.61. The summed E-state index contributed by atoms with van der Waals surface area (Å²) >= 11 is 5.66. The first-order valence-corrected chi connectivity index (χ1v) is 11.5. The number of nitrogens with one attached hydrogen (secondary N) is 3. The molecule has 5 rings (SSSR count). The number of fused-ring (bicyclic) bond motifs is 2. The number of hydrogen-bond donors (Lipinski definition) is 3. The SMILES string of the molecule is CCCN1CCC(C(=O)NC2CC(NC(=O)COc3ccc(Cl)c(F)c3)C3CC2C3)N1. The number of hydrazine groups is 1. The van der Waals surface area contributed by atoms with Crippen LogP contribution in [0.2, 0.25) is 5.02 Å². The molecule has 1 aromatic carbocycles. The lowest BCUT2D eigenvalue weighted by molar-refractivity contribution is -0.127. The van der Waals surface area contributed by atoms with E-state index in [1.165, 1.54) is 12.1 Å². The molecule has 3 aliphatic carbocycles. The van der Waals surface area contributed by atoms with Crippen molar-refractivity contribution in [2.24, 2.45) is 11.8 Å². The maximum atomic E-state index is 13.5. The monoisotopic (exact) mass is 452 g/mol. The molecule has 3 saturated carbocycles. The van der Waals surface area contributed by atoms with Crippen molar-refractivity contribution in [3.05, 3.63) is 29.0 Å². The van der Waals surface area contributed by atoms with Crippen LogP contribution >= 0.6 is 11.6 Å². The standard InChI is InChI=1S/C22H30ClFN4O3/c1-2-6-28-7-5-18(27-28)22(30)26-20-11-19(13-8-14(20)9-13)25-21(29)12-31-15-3-4-16(23)17(24)10-15/h3-4,10,13-14,18-20,27H,2,5-9,11-12H2,1H3,(H,25,29)(H,26,30). The van der Waals surface area contributed by atoms with Crippen molar-refractivity contribution < 1.29 is 18.7 Å². The third-order valence-electron chi connectivity index (χ3n) is 6.63. The van der Waals surface area contributed by atoms with Crippen molar-refractivity contribution in [3.63, 3.8) is 0 Å². The second-order valence-corrected chi connectivity index (χ2v) is 9.25. The van der Waals surface area contributed by atoms with Crippen molar-refractivity contribution in [2.45, 2.75) is 57.2 Å². The van der Waals surface area contributed by atoms with Gasteiger partial charge >= 0.3 is 0 Å². The summed E-state index contributed by atoms with van der Waals surface area (Å²) in [6.07, 6.45) is 4.62. The molecule has 2 amide bonds. The molecule has 170 valence electrons. The first kappa shape index (κ1) is 22.3. The van der Waals surface area contributed by atoms with Gasteiger partial charge in [-0.1, -0.05) is 18.5 Å². The van der Waals surface area contributed by atoms with Crippen LogP contribution in [0, 0.1) is 17.7 Å². The fourth-order valence-electron chi connectivity index (χ4n) is 4.90. The summed E-state index contributed by atoms with van der Waals surface area (Å²) in [4.78, 5) is 25.1. The molecule has 0 radical (unpaired) electrons. The zero-order valence-electron chi connectivity index (χ0n) is 17.7. The van der Waals surface area contributed by atoms with Gasteiger partial charge in [-0.15, -0.1) is 0 Å². The minimum Gasteiger partial charge on any atom is -0.484 e. The van der Waals surface area contributed by atoms with Gasteiger partial charge in [-0.3, -0.25) is 9.59 Å². The Morgan fingerprint density at radius 3 is 2.68 bits per heavy atom. The Labute approximate surface area is 187 Å². The molecular weight excluding hydrogens is 423 g/mol. The van der Waals surface area contributed by atoms with E-state index < -0.39 is 5.82 Å². The summed E-state index contributed by atoms with van der Waals surface area (Å²) < 4.78 is 18.9. The van der Waals surface area contributed by atoms with Gasteiger partial charge in [0.15, 0.2) is 6.61 Å². The number of amides is 2. The highest BCUT2D eigenvalue weighted by Gasteiger charge is 2.47. The molecule has 0 aromatic heterocycles. The molecule has 1 saturated heterocycles. The molecule has 7 nitrogen and oxygen atoms in total. The van der Waals surface area contributed by atoms with Crippen LogP contribution in [-0.2, 0) is 9.59 Å². The van der Waals surface area contributed by atoms with Crippen molar-refractivity contribution >= 4 is 23.4 Å². The molecule has 4 aliphatic rings. The Kier molecular flexibility index (Phi) is 6.99. The molecule has 1 heterocycles. The summed E-state index contributed by atoms with van der Waals surface area (Å²) in [5.41, 5.74) is 3.29. The van der Waals surface area contributed by atoms with E-state index in [4.69, 9.17) is 16.3 Å². The second-order valence-electron chi connectivity index (χ2n) is 8.84. The Morgan fingerprint density at radius 2 is 1.97 bits per heavy atom. The van der Waals surface area contributed by atoms with Crippen LogP contribution in [-0.4, -0.2) is 54.6 Å². The lowest BCUT2D eigenvalue weighted by Gasteiger charge is -2.51. The molecule has 3 unspecified atom stereocenters. The van der Waals surface area contributed by atoms with Gasteiger partial charge in [-0.2, -0.15) is 0 Å². The maximum absolute atomic E-state index is 13.5. The van der Waals surface area contributed by atoms with Crippen LogP contribution in [0.4, 0.5) is 4.39 Å². The first-order valence-electron chi connectivity index (χ1n) is 11.1. The molecule has 31 heavy (non-hydrogen) atoms. The molecule has 3 N–H and O–H groups in total. The topological polar surface area (TPSA) is 82.7 Å². The fourth-order valence-corrected chi connectivity index (χ4v) is 5.01. The van der Waals surface area contributed by atoms with Crippen LogP contribution in [0.15, 0.2) is 18.2 Å². The zero-order valence-corrected chi connectivity index (χ0v) is 18.5. The summed E-state index contributed by atoms with van der Waals surface area (Å²) in [6, 6.07) is 4.01. The van der Waals surface area contributed by atoms with E-state index in [-0.39, 0.29) is 47.3 Å². The third kappa shape index (κ3) is 5.30.